The molecule has 0 bridgehead atoms. The number of hydrogen-bond donors (Lipinski definition) is 2. The molecule has 1 saturated heterocycles. The summed E-state index contributed by atoms with van der Waals surface area (Å²) in [6, 6.07) is 3.92. The normalized spacial score (nSPS) is 22.8. The molecule has 0 unspecified atom stereocenters. The third-order valence-electron chi connectivity index (χ3n) is 2.27. The SMILES string of the molecule is O=c1ccc([C@H]2CCCN2)c[nH]1. The molecule has 3 nitrogen and oxygen atoms in total. The molecule has 1 atom stereocenters. The second-order valence-electron chi connectivity index (χ2n) is 3.14. The van der Waals surface area contributed by atoms with Crippen molar-refractivity contribution in [2.45, 2.75) is 18.9 Å². The molecule has 1 aliphatic rings. The lowest BCUT2D eigenvalue weighted by Gasteiger charge is -2.08. The van der Waals surface area contributed by atoms with Crippen LogP contribution in [-0.4, -0.2) is 11.5 Å². The van der Waals surface area contributed by atoms with Gasteiger partial charge in [0.05, 0.1) is 0 Å². The van der Waals surface area contributed by atoms with Crippen LogP contribution >= 0.6 is 0 Å². The summed E-state index contributed by atoms with van der Waals surface area (Å²) in [5, 5.41) is 3.37. The van der Waals surface area contributed by atoms with E-state index in [-0.39, 0.29) is 5.56 Å². The molecule has 0 radical (unpaired) electrons. The first kappa shape index (κ1) is 7.55. The van der Waals surface area contributed by atoms with Crippen LogP contribution in [0.2, 0.25) is 0 Å². The molecular formula is C9H12N2O. The minimum Gasteiger partial charge on any atom is -0.329 e. The third-order valence-corrected chi connectivity index (χ3v) is 2.27. The third kappa shape index (κ3) is 1.41. The van der Waals surface area contributed by atoms with Crippen molar-refractivity contribution in [2.24, 2.45) is 0 Å². The topological polar surface area (TPSA) is 44.9 Å². The lowest BCUT2D eigenvalue weighted by atomic mass is 10.1. The fourth-order valence-electron chi connectivity index (χ4n) is 1.61. The predicted octanol–water partition coefficient (Wildman–Crippen LogP) is 0.799. The molecule has 1 aromatic heterocycles. The maximum absolute atomic E-state index is 10.8. The summed E-state index contributed by atoms with van der Waals surface area (Å²) >= 11 is 0. The van der Waals surface area contributed by atoms with Crippen LogP contribution in [0.4, 0.5) is 0 Å². The largest absolute Gasteiger partial charge is 0.329 e. The molecule has 2 heterocycles. The monoisotopic (exact) mass is 164 g/mol. The van der Waals surface area contributed by atoms with Crippen molar-refractivity contribution < 1.29 is 0 Å². The fourth-order valence-corrected chi connectivity index (χ4v) is 1.61. The van der Waals surface area contributed by atoms with Gasteiger partial charge in [0.25, 0.3) is 0 Å². The maximum Gasteiger partial charge on any atom is 0.247 e. The molecule has 12 heavy (non-hydrogen) atoms. The standard InChI is InChI=1S/C9H12N2O/c12-9-4-3-7(6-11-9)8-2-1-5-10-8/h3-4,6,8,10H,1-2,5H2,(H,11,12)/t8-/m1/s1. The molecule has 1 fully saturated rings. The Kier molecular flexibility index (Phi) is 1.96. The first-order valence-corrected chi connectivity index (χ1v) is 4.28. The molecule has 3 heteroatoms. The van der Waals surface area contributed by atoms with Crippen LogP contribution in [0.1, 0.15) is 24.4 Å². The Morgan fingerprint density at radius 3 is 2.92 bits per heavy atom. The maximum atomic E-state index is 10.8. The van der Waals surface area contributed by atoms with E-state index in [1.54, 1.807) is 12.3 Å². The van der Waals surface area contributed by atoms with Crippen LogP contribution in [0.15, 0.2) is 23.1 Å². The Balaban J connectivity index is 2.22. The number of rotatable bonds is 1. The molecular weight excluding hydrogens is 152 g/mol. The summed E-state index contributed by atoms with van der Waals surface area (Å²) in [6.07, 6.45) is 4.20. The van der Waals surface area contributed by atoms with Gasteiger partial charge in [0.1, 0.15) is 0 Å². The van der Waals surface area contributed by atoms with Gasteiger partial charge in [0.2, 0.25) is 5.56 Å². The van der Waals surface area contributed by atoms with Gasteiger partial charge < -0.3 is 10.3 Å². The van der Waals surface area contributed by atoms with E-state index in [0.29, 0.717) is 6.04 Å². The van der Waals surface area contributed by atoms with Crippen LogP contribution in [0, 0.1) is 0 Å². The van der Waals surface area contributed by atoms with Crippen LogP contribution in [-0.2, 0) is 0 Å². The Morgan fingerprint density at radius 1 is 1.42 bits per heavy atom. The van der Waals surface area contributed by atoms with Crippen molar-refractivity contribution in [2.75, 3.05) is 6.54 Å². The molecule has 0 aromatic carbocycles. The predicted molar refractivity (Wildman–Crippen MR) is 47.0 cm³/mol. The van der Waals surface area contributed by atoms with Crippen LogP contribution in [0.5, 0.6) is 0 Å². The second-order valence-corrected chi connectivity index (χ2v) is 3.14. The number of hydrogen-bond acceptors (Lipinski definition) is 2. The zero-order valence-electron chi connectivity index (χ0n) is 6.84. The Labute approximate surface area is 70.8 Å². The average Bonchev–Trinajstić information content (AvgIpc) is 2.58. The van der Waals surface area contributed by atoms with Crippen molar-refractivity contribution in [3.63, 3.8) is 0 Å². The molecule has 0 saturated carbocycles. The zero-order valence-corrected chi connectivity index (χ0v) is 6.84. The van der Waals surface area contributed by atoms with E-state index in [9.17, 15) is 4.79 Å². The Hall–Kier alpha value is -1.09. The number of aromatic nitrogens is 1. The van der Waals surface area contributed by atoms with Gasteiger partial charge >= 0.3 is 0 Å². The van der Waals surface area contributed by atoms with E-state index >= 15 is 0 Å². The highest BCUT2D eigenvalue weighted by Gasteiger charge is 2.15. The van der Waals surface area contributed by atoms with Gasteiger partial charge in [-0.15, -0.1) is 0 Å². The van der Waals surface area contributed by atoms with Gasteiger partial charge in [-0.25, -0.2) is 0 Å². The van der Waals surface area contributed by atoms with E-state index in [1.807, 2.05) is 6.07 Å². The Morgan fingerprint density at radius 2 is 2.33 bits per heavy atom. The number of H-pyrrole nitrogens is 1. The van der Waals surface area contributed by atoms with Gasteiger partial charge in [0.15, 0.2) is 0 Å². The summed E-state index contributed by atoms with van der Waals surface area (Å²) in [6.45, 7) is 1.09. The van der Waals surface area contributed by atoms with Crippen molar-refractivity contribution in [1.82, 2.24) is 10.3 Å². The molecule has 0 amide bonds. The van der Waals surface area contributed by atoms with E-state index < -0.39 is 0 Å². The van der Waals surface area contributed by atoms with Crippen molar-refractivity contribution in [3.8, 4) is 0 Å². The Bertz CT molecular complexity index is 292. The summed E-state index contributed by atoms with van der Waals surface area (Å²) in [5.41, 5.74) is 1.16. The first-order chi connectivity index (χ1) is 5.86. The smallest absolute Gasteiger partial charge is 0.247 e. The van der Waals surface area contributed by atoms with Gasteiger partial charge in [-0.05, 0) is 24.9 Å². The van der Waals surface area contributed by atoms with Gasteiger partial charge in [-0.1, -0.05) is 6.07 Å². The van der Waals surface area contributed by atoms with E-state index in [4.69, 9.17) is 0 Å². The highest BCUT2D eigenvalue weighted by atomic mass is 16.1. The highest BCUT2D eigenvalue weighted by Crippen LogP contribution is 2.20. The number of pyridine rings is 1. The molecule has 2 rings (SSSR count). The molecule has 2 N–H and O–H groups in total. The summed E-state index contributed by atoms with van der Waals surface area (Å²) < 4.78 is 0. The second kappa shape index (κ2) is 3.11. The minimum atomic E-state index is -0.0308. The fraction of sp³-hybridized carbons (Fsp3) is 0.444. The van der Waals surface area contributed by atoms with Crippen LogP contribution < -0.4 is 10.9 Å². The number of nitrogens with one attached hydrogen (secondary N) is 2. The first-order valence-electron chi connectivity index (χ1n) is 4.28. The van der Waals surface area contributed by atoms with Crippen molar-refractivity contribution in [3.05, 3.63) is 34.2 Å². The lowest BCUT2D eigenvalue weighted by Crippen LogP contribution is -2.14. The van der Waals surface area contributed by atoms with Gasteiger partial charge in [-0.3, -0.25) is 4.79 Å². The van der Waals surface area contributed by atoms with E-state index in [1.165, 1.54) is 18.4 Å². The average molecular weight is 164 g/mol. The minimum absolute atomic E-state index is 0.0308. The molecule has 0 aliphatic carbocycles. The van der Waals surface area contributed by atoms with Crippen molar-refractivity contribution >= 4 is 0 Å². The zero-order chi connectivity index (χ0) is 8.39. The molecule has 1 aromatic rings. The van der Waals surface area contributed by atoms with Gasteiger partial charge in [-0.2, -0.15) is 0 Å². The van der Waals surface area contributed by atoms with Crippen molar-refractivity contribution in [1.29, 1.82) is 0 Å². The van der Waals surface area contributed by atoms with Crippen LogP contribution in [0.3, 0.4) is 0 Å². The van der Waals surface area contributed by atoms with Crippen LogP contribution in [0.25, 0.3) is 0 Å². The molecule has 1 aliphatic heterocycles. The van der Waals surface area contributed by atoms with Gasteiger partial charge in [0, 0.05) is 18.3 Å². The summed E-state index contributed by atoms with van der Waals surface area (Å²) in [7, 11) is 0. The highest BCUT2D eigenvalue weighted by molar-refractivity contribution is 5.14. The summed E-state index contributed by atoms with van der Waals surface area (Å²) in [5.74, 6) is 0. The quantitative estimate of drug-likeness (QED) is 0.644. The lowest BCUT2D eigenvalue weighted by molar-refractivity contribution is 0.644. The molecule has 0 spiro atoms. The van der Waals surface area contributed by atoms with E-state index in [2.05, 4.69) is 10.3 Å². The van der Waals surface area contributed by atoms with E-state index in [0.717, 1.165) is 6.54 Å². The summed E-state index contributed by atoms with van der Waals surface area (Å²) in [4.78, 5) is 13.4. The number of aromatic amines is 1. The molecule has 64 valence electrons.